The van der Waals surface area contributed by atoms with Crippen molar-refractivity contribution in [3.05, 3.63) is 42.7 Å². The highest BCUT2D eigenvalue weighted by Crippen LogP contribution is 2.21. The average Bonchev–Trinajstić information content (AvgIpc) is 2.41. The highest BCUT2D eigenvalue weighted by atomic mass is 32.2. The summed E-state index contributed by atoms with van der Waals surface area (Å²) in [6.07, 6.45) is 2.03. The van der Waals surface area contributed by atoms with E-state index in [1.165, 1.54) is 24.5 Å². The van der Waals surface area contributed by atoms with Crippen LogP contribution in [0.5, 0.6) is 0 Å². The van der Waals surface area contributed by atoms with Gasteiger partial charge in [-0.25, -0.2) is 8.42 Å². The number of rotatable bonds is 4. The quantitative estimate of drug-likeness (QED) is 0.782. The Morgan fingerprint density at radius 2 is 1.95 bits per heavy atom. The summed E-state index contributed by atoms with van der Waals surface area (Å²) in [7, 11) is -3.91. The van der Waals surface area contributed by atoms with Crippen LogP contribution in [0.4, 0.5) is 0 Å². The molecule has 0 spiro atoms. The predicted molar refractivity (Wildman–Crippen MR) is 70.3 cm³/mol. The molecule has 20 heavy (non-hydrogen) atoms. The average molecular weight is 295 g/mol. The van der Waals surface area contributed by atoms with Crippen LogP contribution in [-0.2, 0) is 19.6 Å². The molecule has 106 valence electrons. The van der Waals surface area contributed by atoms with Gasteiger partial charge in [-0.2, -0.15) is 0 Å². The van der Waals surface area contributed by atoms with Crippen molar-refractivity contribution >= 4 is 21.8 Å². The minimum atomic E-state index is -3.91. The van der Waals surface area contributed by atoms with E-state index in [0.29, 0.717) is 0 Å². The molecule has 2 amide bonds. The number of hydrogen-bond donors (Lipinski definition) is 2. The largest absolute Gasteiger partial charge is 0.370 e. The molecular formula is C12H13N3O4S. The fraction of sp³-hybridized carbons (Fsp3) is 0.167. The molecule has 0 saturated heterocycles. The third-order valence-electron chi connectivity index (χ3n) is 2.77. The first kappa shape index (κ1) is 14.1. The Kier molecular flexibility index (Phi) is 3.75. The van der Waals surface area contributed by atoms with Crippen LogP contribution in [0.15, 0.2) is 47.6 Å². The summed E-state index contributed by atoms with van der Waals surface area (Å²) in [5.41, 5.74) is 5.07. The van der Waals surface area contributed by atoms with Crippen LogP contribution in [-0.4, -0.2) is 30.6 Å². The van der Waals surface area contributed by atoms with Crippen molar-refractivity contribution in [1.82, 2.24) is 9.62 Å². The Morgan fingerprint density at radius 1 is 1.30 bits per heavy atom. The van der Waals surface area contributed by atoms with Crippen LogP contribution >= 0.6 is 0 Å². The van der Waals surface area contributed by atoms with Crippen molar-refractivity contribution in [2.75, 3.05) is 0 Å². The van der Waals surface area contributed by atoms with E-state index in [-0.39, 0.29) is 11.3 Å². The first-order valence-electron chi connectivity index (χ1n) is 5.77. The zero-order valence-electron chi connectivity index (χ0n) is 10.4. The standard InChI is InChI=1S/C12H13N3O4S/c13-11(16)8-10-12(17)14-6-7-15(10)20(18,19)9-4-2-1-3-5-9/h1-7,10H,8H2,(H2,13,16)(H,14,17). The van der Waals surface area contributed by atoms with Crippen molar-refractivity contribution in [3.8, 4) is 0 Å². The molecular weight excluding hydrogens is 282 g/mol. The number of benzene rings is 1. The second-order valence-corrected chi connectivity index (χ2v) is 6.00. The molecule has 7 nitrogen and oxygen atoms in total. The maximum absolute atomic E-state index is 12.5. The molecule has 0 aromatic heterocycles. The molecule has 3 N–H and O–H groups in total. The summed E-state index contributed by atoms with van der Waals surface area (Å²) in [5, 5.41) is 2.36. The molecule has 0 saturated carbocycles. The number of hydrogen-bond acceptors (Lipinski definition) is 4. The highest BCUT2D eigenvalue weighted by molar-refractivity contribution is 7.89. The van der Waals surface area contributed by atoms with Gasteiger partial charge in [0.05, 0.1) is 11.3 Å². The van der Waals surface area contributed by atoms with Gasteiger partial charge in [0, 0.05) is 12.4 Å². The summed E-state index contributed by atoms with van der Waals surface area (Å²) in [6.45, 7) is 0. The molecule has 1 heterocycles. The van der Waals surface area contributed by atoms with Crippen LogP contribution in [0.25, 0.3) is 0 Å². The van der Waals surface area contributed by atoms with Crippen molar-refractivity contribution in [3.63, 3.8) is 0 Å². The number of nitrogens with two attached hydrogens (primary N) is 1. The summed E-state index contributed by atoms with van der Waals surface area (Å²) in [6, 6.07) is 6.47. The Bertz CT molecular complexity index is 655. The molecule has 2 rings (SSSR count). The van der Waals surface area contributed by atoms with E-state index in [4.69, 9.17) is 5.73 Å². The van der Waals surface area contributed by atoms with Crippen LogP contribution in [0.1, 0.15) is 6.42 Å². The summed E-state index contributed by atoms with van der Waals surface area (Å²) in [5.74, 6) is -1.35. The molecule has 1 aliphatic rings. The Morgan fingerprint density at radius 3 is 2.55 bits per heavy atom. The molecule has 0 aliphatic carbocycles. The zero-order chi connectivity index (χ0) is 14.8. The lowest BCUT2D eigenvalue weighted by atomic mass is 10.2. The maximum atomic E-state index is 12.5. The van der Waals surface area contributed by atoms with Gasteiger partial charge in [-0.15, -0.1) is 0 Å². The van der Waals surface area contributed by atoms with E-state index in [1.807, 2.05) is 0 Å². The topological polar surface area (TPSA) is 110 Å². The van der Waals surface area contributed by atoms with Gasteiger partial charge in [0.1, 0.15) is 6.04 Å². The third kappa shape index (κ3) is 2.64. The Balaban J connectivity index is 2.43. The van der Waals surface area contributed by atoms with E-state index in [1.54, 1.807) is 18.2 Å². The molecule has 0 fully saturated rings. The molecule has 1 aromatic rings. The molecule has 0 radical (unpaired) electrons. The fourth-order valence-corrected chi connectivity index (χ4v) is 3.31. The lowest BCUT2D eigenvalue weighted by molar-refractivity contribution is -0.128. The number of nitrogens with zero attached hydrogens (tertiary/aromatic N) is 1. The smallest absolute Gasteiger partial charge is 0.264 e. The van der Waals surface area contributed by atoms with E-state index in [9.17, 15) is 18.0 Å². The minimum Gasteiger partial charge on any atom is -0.370 e. The third-order valence-corrected chi connectivity index (χ3v) is 4.57. The van der Waals surface area contributed by atoms with E-state index in [0.717, 1.165) is 4.31 Å². The van der Waals surface area contributed by atoms with Crippen LogP contribution in [0.3, 0.4) is 0 Å². The number of nitrogens with one attached hydrogen (secondary N) is 1. The van der Waals surface area contributed by atoms with E-state index < -0.39 is 27.9 Å². The van der Waals surface area contributed by atoms with Crippen LogP contribution in [0, 0.1) is 0 Å². The molecule has 1 unspecified atom stereocenters. The zero-order valence-corrected chi connectivity index (χ0v) is 11.2. The van der Waals surface area contributed by atoms with Gasteiger partial charge >= 0.3 is 0 Å². The van der Waals surface area contributed by atoms with Crippen molar-refractivity contribution in [2.45, 2.75) is 17.4 Å². The number of sulfonamides is 1. The van der Waals surface area contributed by atoms with Crippen molar-refractivity contribution < 1.29 is 18.0 Å². The minimum absolute atomic E-state index is 0.0359. The van der Waals surface area contributed by atoms with Crippen molar-refractivity contribution in [1.29, 1.82) is 0 Å². The van der Waals surface area contributed by atoms with Gasteiger partial charge in [0.2, 0.25) is 11.8 Å². The normalized spacial score (nSPS) is 18.7. The van der Waals surface area contributed by atoms with Crippen molar-refractivity contribution in [2.24, 2.45) is 5.73 Å². The molecule has 1 atom stereocenters. The van der Waals surface area contributed by atoms with Gasteiger partial charge in [-0.3, -0.25) is 13.9 Å². The van der Waals surface area contributed by atoms with Gasteiger partial charge in [0.25, 0.3) is 10.0 Å². The van der Waals surface area contributed by atoms with E-state index >= 15 is 0 Å². The number of carbonyl (C=O) groups excluding carboxylic acids is 2. The number of primary amides is 1. The van der Waals surface area contributed by atoms with Gasteiger partial charge in [0.15, 0.2) is 0 Å². The Labute approximate surface area is 116 Å². The summed E-state index contributed by atoms with van der Waals surface area (Å²) >= 11 is 0. The second-order valence-electron chi connectivity index (χ2n) is 4.16. The lowest BCUT2D eigenvalue weighted by Gasteiger charge is -2.30. The monoisotopic (exact) mass is 295 g/mol. The molecule has 0 bridgehead atoms. The SMILES string of the molecule is NC(=O)CC1C(=O)NC=CN1S(=O)(=O)c1ccccc1. The molecule has 1 aliphatic heterocycles. The predicted octanol–water partition coefficient (Wildman–Crippen LogP) is -0.478. The molecule has 8 heteroatoms. The number of carbonyl (C=O) groups is 2. The highest BCUT2D eigenvalue weighted by Gasteiger charge is 2.36. The lowest BCUT2D eigenvalue weighted by Crippen LogP contribution is -2.50. The molecule has 1 aromatic carbocycles. The Hall–Kier alpha value is -2.35. The second kappa shape index (κ2) is 5.33. The van der Waals surface area contributed by atoms with E-state index in [2.05, 4.69) is 5.32 Å². The first-order valence-corrected chi connectivity index (χ1v) is 7.21. The summed E-state index contributed by atoms with van der Waals surface area (Å²) < 4.78 is 25.8. The van der Waals surface area contributed by atoms with Gasteiger partial charge < -0.3 is 11.1 Å². The first-order chi connectivity index (χ1) is 9.43. The van der Waals surface area contributed by atoms with Crippen LogP contribution in [0.2, 0.25) is 0 Å². The number of amides is 2. The fourth-order valence-electron chi connectivity index (χ4n) is 1.84. The van der Waals surface area contributed by atoms with Gasteiger partial charge in [-0.05, 0) is 12.1 Å². The maximum Gasteiger partial charge on any atom is 0.264 e. The van der Waals surface area contributed by atoms with Gasteiger partial charge in [-0.1, -0.05) is 18.2 Å². The van der Waals surface area contributed by atoms with Crippen LogP contribution < -0.4 is 11.1 Å². The summed E-state index contributed by atoms with van der Waals surface area (Å²) in [4.78, 5) is 22.8.